The number of anilines is 3. The van der Waals surface area contributed by atoms with Crippen molar-refractivity contribution in [1.29, 1.82) is 5.26 Å². The molecule has 1 saturated heterocycles. The number of hydrogen-bond donors (Lipinski definition) is 1. The molecular formula is C29H31N7O2S2. The van der Waals surface area contributed by atoms with Gasteiger partial charge in [0.15, 0.2) is 5.82 Å². The van der Waals surface area contributed by atoms with Crippen molar-refractivity contribution in [1.82, 2.24) is 13.7 Å². The molecule has 0 radical (unpaired) electrons. The van der Waals surface area contributed by atoms with Gasteiger partial charge in [-0.3, -0.25) is 0 Å². The van der Waals surface area contributed by atoms with Crippen LogP contribution in [0.25, 0.3) is 0 Å². The van der Waals surface area contributed by atoms with Gasteiger partial charge in [-0.05, 0) is 60.0 Å². The molecular weight excluding hydrogens is 543 g/mol. The molecule has 11 heteroatoms. The van der Waals surface area contributed by atoms with Crippen molar-refractivity contribution in [2.45, 2.75) is 17.2 Å². The number of nitriles is 1. The van der Waals surface area contributed by atoms with Crippen LogP contribution in [0.5, 0.6) is 0 Å². The number of sulfonamides is 1. The number of benzene rings is 3. The van der Waals surface area contributed by atoms with Gasteiger partial charge in [-0.1, -0.05) is 30.3 Å². The minimum atomic E-state index is -3.68. The molecule has 0 aliphatic carbocycles. The molecule has 9 nitrogen and oxygen atoms in total. The average molecular weight is 574 g/mol. The lowest BCUT2D eigenvalue weighted by molar-refractivity contribution is 0.384. The van der Waals surface area contributed by atoms with E-state index >= 15 is 0 Å². The van der Waals surface area contributed by atoms with Crippen molar-refractivity contribution in [3.05, 3.63) is 95.3 Å². The van der Waals surface area contributed by atoms with E-state index in [1.165, 1.54) is 33.5 Å². The minimum Gasteiger partial charge on any atom is -0.399 e. The summed E-state index contributed by atoms with van der Waals surface area (Å²) < 4.78 is 32.6. The summed E-state index contributed by atoms with van der Waals surface area (Å²) in [6.45, 7) is 1.66. The maximum atomic E-state index is 13.2. The summed E-state index contributed by atoms with van der Waals surface area (Å²) in [5, 5.41) is 9.93. The first-order chi connectivity index (χ1) is 19.2. The number of nitrogen functional groups attached to an aromatic ring is 1. The van der Waals surface area contributed by atoms with Crippen LogP contribution in [0.2, 0.25) is 0 Å². The number of rotatable bonds is 8. The maximum absolute atomic E-state index is 13.2. The largest absolute Gasteiger partial charge is 0.399 e. The minimum absolute atomic E-state index is 0.0510. The Hall–Kier alpha value is -3.98. The Kier molecular flexibility index (Phi) is 8.02. The van der Waals surface area contributed by atoms with Crippen LogP contribution in [0.15, 0.2) is 77.7 Å². The SMILES string of the molecule is CN(C)c1ccc(CC(c2ccc(N)cc2)c2nsc(N3CCN(S(=O)(=O)c4cccc(C#N)c4)CC3)n2)cc1. The molecule has 0 amide bonds. The zero-order valence-corrected chi connectivity index (χ0v) is 24.1. The van der Waals surface area contributed by atoms with E-state index in [-0.39, 0.29) is 10.8 Å². The molecule has 4 aromatic rings. The summed E-state index contributed by atoms with van der Waals surface area (Å²) in [4.78, 5) is 9.24. The molecule has 1 aromatic heterocycles. The van der Waals surface area contributed by atoms with Crippen LogP contribution in [0.3, 0.4) is 0 Å². The van der Waals surface area contributed by atoms with Crippen LogP contribution in [-0.2, 0) is 16.4 Å². The van der Waals surface area contributed by atoms with Crippen LogP contribution in [0.4, 0.5) is 16.5 Å². The maximum Gasteiger partial charge on any atom is 0.243 e. The summed E-state index contributed by atoms with van der Waals surface area (Å²) in [5.41, 5.74) is 10.4. The van der Waals surface area contributed by atoms with E-state index in [4.69, 9.17) is 20.4 Å². The smallest absolute Gasteiger partial charge is 0.243 e. The molecule has 1 aliphatic heterocycles. The van der Waals surface area contributed by atoms with Gasteiger partial charge < -0.3 is 15.5 Å². The fourth-order valence-corrected chi connectivity index (χ4v) is 6.99. The molecule has 5 rings (SSSR count). The second-order valence-electron chi connectivity index (χ2n) is 9.95. The van der Waals surface area contributed by atoms with E-state index < -0.39 is 10.0 Å². The van der Waals surface area contributed by atoms with Crippen molar-refractivity contribution in [2.75, 3.05) is 55.8 Å². The molecule has 0 spiro atoms. The molecule has 1 atom stereocenters. The second kappa shape index (κ2) is 11.6. The van der Waals surface area contributed by atoms with Crippen molar-refractivity contribution in [3.8, 4) is 6.07 Å². The molecule has 1 fully saturated rings. The monoisotopic (exact) mass is 573 g/mol. The van der Waals surface area contributed by atoms with Gasteiger partial charge in [0.25, 0.3) is 0 Å². The Morgan fingerprint density at radius 2 is 1.73 bits per heavy atom. The lowest BCUT2D eigenvalue weighted by Gasteiger charge is -2.33. The number of aromatic nitrogens is 2. The van der Waals surface area contributed by atoms with Crippen molar-refractivity contribution < 1.29 is 8.42 Å². The summed E-state index contributed by atoms with van der Waals surface area (Å²) in [7, 11) is 0.363. The fourth-order valence-electron chi connectivity index (χ4n) is 4.74. The third kappa shape index (κ3) is 5.94. The molecule has 2 heterocycles. The lowest BCUT2D eigenvalue weighted by Crippen LogP contribution is -2.48. The molecule has 1 aliphatic rings. The van der Waals surface area contributed by atoms with E-state index in [9.17, 15) is 8.42 Å². The summed E-state index contributed by atoms with van der Waals surface area (Å²) >= 11 is 1.34. The topological polar surface area (TPSA) is 119 Å². The zero-order valence-electron chi connectivity index (χ0n) is 22.4. The highest BCUT2D eigenvalue weighted by Gasteiger charge is 2.30. The van der Waals surface area contributed by atoms with Crippen molar-refractivity contribution >= 4 is 38.1 Å². The van der Waals surface area contributed by atoms with Crippen LogP contribution < -0.4 is 15.5 Å². The molecule has 3 aromatic carbocycles. The molecule has 0 bridgehead atoms. The van der Waals surface area contributed by atoms with Gasteiger partial charge in [0, 0.05) is 69.1 Å². The molecule has 1 unspecified atom stereocenters. The second-order valence-corrected chi connectivity index (χ2v) is 12.6. The third-order valence-electron chi connectivity index (χ3n) is 7.08. The van der Waals surface area contributed by atoms with Gasteiger partial charge in [-0.15, -0.1) is 0 Å². The first kappa shape index (κ1) is 27.6. The van der Waals surface area contributed by atoms with E-state index in [1.807, 2.05) is 44.4 Å². The van der Waals surface area contributed by atoms with Crippen LogP contribution in [0, 0.1) is 11.3 Å². The van der Waals surface area contributed by atoms with Gasteiger partial charge in [0.05, 0.1) is 16.5 Å². The van der Waals surface area contributed by atoms with Crippen LogP contribution in [0.1, 0.15) is 28.4 Å². The highest BCUT2D eigenvalue weighted by atomic mass is 32.2. The number of piperazine rings is 1. The number of nitrogens with zero attached hydrogens (tertiary/aromatic N) is 6. The molecule has 2 N–H and O–H groups in total. The summed E-state index contributed by atoms with van der Waals surface area (Å²) in [6.07, 6.45) is 0.738. The van der Waals surface area contributed by atoms with E-state index in [1.54, 1.807) is 12.1 Å². The van der Waals surface area contributed by atoms with E-state index in [0.29, 0.717) is 37.4 Å². The lowest BCUT2D eigenvalue weighted by atomic mass is 9.91. The Bertz CT molecular complexity index is 1600. The van der Waals surface area contributed by atoms with Crippen LogP contribution in [-0.4, -0.2) is 62.4 Å². The predicted molar refractivity (Wildman–Crippen MR) is 159 cm³/mol. The van der Waals surface area contributed by atoms with E-state index in [0.717, 1.165) is 28.6 Å². The normalized spacial score (nSPS) is 15.0. The number of nitrogens with two attached hydrogens (primary N) is 1. The first-order valence-corrected chi connectivity index (χ1v) is 15.2. The van der Waals surface area contributed by atoms with Crippen LogP contribution >= 0.6 is 11.5 Å². The Morgan fingerprint density at radius 1 is 1.02 bits per heavy atom. The highest BCUT2D eigenvalue weighted by molar-refractivity contribution is 7.89. The van der Waals surface area contributed by atoms with Crippen molar-refractivity contribution in [2.24, 2.45) is 0 Å². The zero-order chi connectivity index (χ0) is 28.3. The summed E-state index contributed by atoms with van der Waals surface area (Å²) in [5.74, 6) is 0.690. The highest BCUT2D eigenvalue weighted by Crippen LogP contribution is 2.32. The summed E-state index contributed by atoms with van der Waals surface area (Å²) in [6, 6.07) is 24.5. The van der Waals surface area contributed by atoms with Gasteiger partial charge >= 0.3 is 0 Å². The molecule has 206 valence electrons. The average Bonchev–Trinajstić information content (AvgIpc) is 3.47. The van der Waals surface area contributed by atoms with Gasteiger partial charge in [-0.25, -0.2) is 13.4 Å². The van der Waals surface area contributed by atoms with Gasteiger partial charge in [0.2, 0.25) is 15.2 Å². The third-order valence-corrected chi connectivity index (χ3v) is 9.77. The Balaban J connectivity index is 1.33. The predicted octanol–water partition coefficient (Wildman–Crippen LogP) is 3.94. The molecule has 40 heavy (non-hydrogen) atoms. The van der Waals surface area contributed by atoms with Gasteiger partial charge in [-0.2, -0.15) is 13.9 Å². The van der Waals surface area contributed by atoms with Gasteiger partial charge in [0.1, 0.15) is 0 Å². The Labute approximate surface area is 239 Å². The first-order valence-electron chi connectivity index (χ1n) is 12.9. The Morgan fingerprint density at radius 3 is 2.38 bits per heavy atom. The van der Waals surface area contributed by atoms with E-state index in [2.05, 4.69) is 34.1 Å². The fraction of sp³-hybridized carbons (Fsp3) is 0.276. The standard InChI is InChI=1S/C29H31N7O2S2/c1-34(2)25-12-6-21(7-13-25)19-27(23-8-10-24(31)11-9-23)28-32-29(39-33-28)35-14-16-36(17-15-35)40(37,38)26-5-3-4-22(18-26)20-30/h3-13,18,27H,14-17,19,31H2,1-2H3. The quantitative estimate of drug-likeness (QED) is 0.315. The molecule has 0 saturated carbocycles. The van der Waals surface area contributed by atoms with Crippen molar-refractivity contribution in [3.63, 3.8) is 0 Å². The number of hydrogen-bond acceptors (Lipinski definition) is 9.